The lowest BCUT2D eigenvalue weighted by Crippen LogP contribution is -2.71. The van der Waals surface area contributed by atoms with Gasteiger partial charge in [0.2, 0.25) is 6.33 Å². The molecular formula is C21H19N7O5S2. The van der Waals surface area contributed by atoms with Gasteiger partial charge in [-0.05, 0) is 12.1 Å². The number of carbonyl (C=O) groups excluding carboxylic acids is 3. The summed E-state index contributed by atoms with van der Waals surface area (Å²) in [6.07, 6.45) is 5.62. The highest BCUT2D eigenvalue weighted by atomic mass is 32.2. The number of fused-ring (bicyclic) bond motifs is 2. The smallest absolute Gasteiger partial charge is 0.276 e. The van der Waals surface area contributed by atoms with Crippen LogP contribution in [-0.2, 0) is 25.8 Å². The first kappa shape index (κ1) is 22.9. The van der Waals surface area contributed by atoms with Crippen molar-refractivity contribution in [1.82, 2.24) is 19.6 Å². The van der Waals surface area contributed by atoms with Crippen molar-refractivity contribution in [2.24, 2.45) is 5.16 Å². The lowest BCUT2D eigenvalue weighted by Gasteiger charge is -2.50. The number of anilines is 1. The summed E-state index contributed by atoms with van der Waals surface area (Å²) in [6, 6.07) is 4.80. The summed E-state index contributed by atoms with van der Waals surface area (Å²) in [5, 5.41) is 19.6. The maximum absolute atomic E-state index is 13.0. The van der Waals surface area contributed by atoms with E-state index in [4.69, 9.17) is 10.6 Å². The van der Waals surface area contributed by atoms with E-state index >= 15 is 0 Å². The number of amides is 2. The highest BCUT2D eigenvalue weighted by Crippen LogP contribution is 2.40. The minimum atomic E-state index is -1.44. The first-order valence-corrected chi connectivity index (χ1v) is 12.3. The van der Waals surface area contributed by atoms with E-state index in [9.17, 15) is 19.5 Å². The Kier molecular flexibility index (Phi) is 5.90. The molecule has 3 aromatic rings. The van der Waals surface area contributed by atoms with Gasteiger partial charge in [-0.2, -0.15) is 0 Å². The molecule has 0 aromatic carbocycles. The van der Waals surface area contributed by atoms with Gasteiger partial charge in [-0.15, -0.1) is 23.1 Å². The number of carboxylic acids is 1. The summed E-state index contributed by atoms with van der Waals surface area (Å²) in [7, 11) is 1.28. The first-order valence-electron chi connectivity index (χ1n) is 10.3. The molecule has 2 atom stereocenters. The number of imidazole rings is 1. The second-order valence-corrected chi connectivity index (χ2v) is 9.74. The summed E-state index contributed by atoms with van der Waals surface area (Å²) in [5.41, 5.74) is 7.04. The van der Waals surface area contributed by atoms with E-state index in [0.717, 1.165) is 16.9 Å². The van der Waals surface area contributed by atoms with Gasteiger partial charge in [-0.1, -0.05) is 11.2 Å². The van der Waals surface area contributed by atoms with Crippen LogP contribution in [-0.4, -0.2) is 62.1 Å². The molecule has 0 spiro atoms. The van der Waals surface area contributed by atoms with Crippen LogP contribution >= 0.6 is 23.1 Å². The third-order valence-corrected chi connectivity index (χ3v) is 7.57. The molecule has 5 rings (SSSR count). The molecule has 0 saturated carbocycles. The van der Waals surface area contributed by atoms with Crippen LogP contribution in [0, 0.1) is 0 Å². The maximum Gasteiger partial charge on any atom is 0.276 e. The van der Waals surface area contributed by atoms with Crippen molar-refractivity contribution in [1.29, 1.82) is 0 Å². The molecule has 0 aliphatic carbocycles. The van der Waals surface area contributed by atoms with Gasteiger partial charge in [0.25, 0.3) is 11.8 Å². The average molecular weight is 514 g/mol. The Balaban J connectivity index is 1.36. The van der Waals surface area contributed by atoms with E-state index in [1.807, 2.05) is 45.9 Å². The number of hydrogen-bond donors (Lipinski definition) is 2. The Hall–Kier alpha value is -3.91. The minimum Gasteiger partial charge on any atom is -0.543 e. The van der Waals surface area contributed by atoms with E-state index in [1.165, 1.54) is 23.8 Å². The van der Waals surface area contributed by atoms with Crippen LogP contribution in [0.25, 0.3) is 5.52 Å². The monoisotopic (exact) mass is 513 g/mol. The lowest BCUT2D eigenvalue weighted by molar-refractivity contribution is -0.687. The van der Waals surface area contributed by atoms with Crippen LogP contribution in [0.3, 0.4) is 0 Å². The molecule has 0 unspecified atom stereocenters. The molecule has 1 saturated heterocycles. The Bertz CT molecular complexity index is 1380. The van der Waals surface area contributed by atoms with Crippen LogP contribution in [0.1, 0.15) is 5.69 Å². The Labute approximate surface area is 206 Å². The Morgan fingerprint density at radius 2 is 2.26 bits per heavy atom. The number of hydrogen-bond acceptors (Lipinski definition) is 10. The lowest BCUT2D eigenvalue weighted by atomic mass is 10.0. The number of thioether (sulfide) groups is 1. The number of thiazole rings is 1. The van der Waals surface area contributed by atoms with Crippen LogP contribution < -0.4 is 20.7 Å². The van der Waals surface area contributed by atoms with E-state index in [-0.39, 0.29) is 28.8 Å². The normalized spacial score (nSPS) is 20.0. The van der Waals surface area contributed by atoms with Crippen molar-refractivity contribution < 1.29 is 28.9 Å². The highest BCUT2D eigenvalue weighted by Gasteiger charge is 2.53. The summed E-state index contributed by atoms with van der Waals surface area (Å²) in [5.74, 6) is -2.32. The van der Waals surface area contributed by atoms with Crippen molar-refractivity contribution in [3.63, 3.8) is 0 Å². The average Bonchev–Trinajstić information content (AvgIpc) is 3.45. The number of nitrogen functional groups attached to an aromatic ring is 1. The number of aliphatic carboxylic acids is 1. The van der Waals surface area contributed by atoms with Crippen molar-refractivity contribution in [3.8, 4) is 0 Å². The molecular weight excluding hydrogens is 494 g/mol. The van der Waals surface area contributed by atoms with Crippen LogP contribution in [0.2, 0.25) is 0 Å². The van der Waals surface area contributed by atoms with Gasteiger partial charge in [0.1, 0.15) is 37.0 Å². The fourth-order valence-corrected chi connectivity index (χ4v) is 5.93. The molecule has 0 radical (unpaired) electrons. The maximum atomic E-state index is 13.0. The third-order valence-electron chi connectivity index (χ3n) is 5.56. The predicted octanol–water partition coefficient (Wildman–Crippen LogP) is -1.28. The molecule has 2 aliphatic rings. The second-order valence-electron chi connectivity index (χ2n) is 7.74. The van der Waals surface area contributed by atoms with Crippen molar-refractivity contribution in [2.45, 2.75) is 18.0 Å². The number of carbonyl (C=O) groups is 3. The second kappa shape index (κ2) is 9.03. The molecule has 14 heteroatoms. The van der Waals surface area contributed by atoms with E-state index < -0.39 is 29.2 Å². The van der Waals surface area contributed by atoms with Gasteiger partial charge in [-0.25, -0.2) is 14.0 Å². The zero-order chi connectivity index (χ0) is 24.7. The molecule has 0 bridgehead atoms. The predicted molar refractivity (Wildman–Crippen MR) is 125 cm³/mol. The van der Waals surface area contributed by atoms with Crippen LogP contribution in [0.4, 0.5) is 5.13 Å². The first-order chi connectivity index (χ1) is 16.9. The number of rotatable bonds is 7. The molecule has 12 nitrogen and oxygen atoms in total. The Morgan fingerprint density at radius 1 is 1.43 bits per heavy atom. The zero-order valence-corrected chi connectivity index (χ0v) is 19.9. The largest absolute Gasteiger partial charge is 0.543 e. The number of nitrogens with two attached hydrogens (primary N) is 1. The fourth-order valence-electron chi connectivity index (χ4n) is 4.05. The van der Waals surface area contributed by atoms with Gasteiger partial charge in [0, 0.05) is 16.7 Å². The summed E-state index contributed by atoms with van der Waals surface area (Å²) in [6.45, 7) is 0.279. The number of carboxylic acid groups (broad SMARTS) is 1. The van der Waals surface area contributed by atoms with Gasteiger partial charge >= 0.3 is 0 Å². The van der Waals surface area contributed by atoms with Crippen LogP contribution in [0.5, 0.6) is 0 Å². The van der Waals surface area contributed by atoms with Gasteiger partial charge in [0.15, 0.2) is 16.4 Å². The van der Waals surface area contributed by atoms with E-state index in [0.29, 0.717) is 11.3 Å². The molecule has 1 fully saturated rings. The number of pyridine rings is 1. The number of nitrogens with zero attached hydrogens (tertiary/aromatic N) is 5. The van der Waals surface area contributed by atoms with Crippen molar-refractivity contribution in [3.05, 3.63) is 59.3 Å². The molecule has 2 aliphatic heterocycles. The zero-order valence-electron chi connectivity index (χ0n) is 18.3. The van der Waals surface area contributed by atoms with Gasteiger partial charge in [-0.3, -0.25) is 14.5 Å². The standard InChI is InChI=1S/C21H19N7O5S2/c1-33-25-14(13-9-35-21(22)23-13)17(29)24-15-18(30)28-16(20(31)32)11(8-34-19(15)28)6-26-7-12-4-2-3-5-27(12)10-26/h2-5,7,9-10,15,19H,6,8H2,1H3,(H3-,22,23,24,29,31,32)/b25-14+/t15-,19-/m1/s1. The summed E-state index contributed by atoms with van der Waals surface area (Å²) < 4.78 is 3.76. The summed E-state index contributed by atoms with van der Waals surface area (Å²) >= 11 is 2.49. The van der Waals surface area contributed by atoms with Crippen molar-refractivity contribution >= 4 is 57.2 Å². The number of aromatic nitrogens is 3. The Morgan fingerprint density at radius 3 is 2.94 bits per heavy atom. The number of nitrogens with one attached hydrogen (secondary N) is 1. The molecule has 5 heterocycles. The van der Waals surface area contributed by atoms with Crippen LogP contribution in [0.15, 0.2) is 58.7 Å². The van der Waals surface area contributed by atoms with Gasteiger partial charge in [0.05, 0.1) is 17.9 Å². The topological polar surface area (TPSA) is 158 Å². The molecule has 35 heavy (non-hydrogen) atoms. The molecule has 3 aromatic heterocycles. The molecule has 3 N–H and O–H groups in total. The quantitative estimate of drug-likeness (QED) is 0.171. The fraction of sp³-hybridized carbons (Fsp3) is 0.238. The minimum absolute atomic E-state index is 0.138. The summed E-state index contributed by atoms with van der Waals surface area (Å²) in [4.78, 5) is 47.8. The van der Waals surface area contributed by atoms with Gasteiger partial charge < -0.3 is 25.8 Å². The molecule has 180 valence electrons. The van der Waals surface area contributed by atoms with Crippen molar-refractivity contribution in [2.75, 3.05) is 18.6 Å². The van der Waals surface area contributed by atoms with E-state index in [2.05, 4.69) is 15.5 Å². The highest BCUT2D eigenvalue weighted by molar-refractivity contribution is 8.00. The molecule has 2 amide bonds. The third kappa shape index (κ3) is 4.10. The van der Waals surface area contributed by atoms with E-state index in [1.54, 1.807) is 5.38 Å². The number of oxime groups is 1. The number of β-lactam (4-membered cyclic amide) rings is 1. The SMILES string of the molecule is CO/N=C(/C(=O)N[C@@H]1C(=O)N2C(C(=O)[O-])=C(C[n+]3cc4ccccn4c3)CS[C@H]12)c1csc(N)n1.